The zero-order valence-corrected chi connectivity index (χ0v) is 11.1. The van der Waals surface area contributed by atoms with Crippen molar-refractivity contribution in [1.82, 2.24) is 5.32 Å². The van der Waals surface area contributed by atoms with Gasteiger partial charge in [0.25, 0.3) is 0 Å². The molecule has 0 aromatic carbocycles. The first-order valence-corrected chi connectivity index (χ1v) is 7.21. The lowest BCUT2D eigenvalue weighted by atomic mass is 10.1. The average Bonchev–Trinajstić information content (AvgIpc) is 2.81. The Labute approximate surface area is 101 Å². The Morgan fingerprint density at radius 3 is 2.62 bits per heavy atom. The monoisotopic (exact) mass is 227 g/mol. The summed E-state index contributed by atoms with van der Waals surface area (Å²) >= 11 is 0. The molecular formula is C14H29NO. The molecule has 1 N–H and O–H groups in total. The molecule has 0 saturated heterocycles. The summed E-state index contributed by atoms with van der Waals surface area (Å²) in [7, 11) is 0. The maximum atomic E-state index is 5.87. The molecule has 1 aliphatic rings. The van der Waals surface area contributed by atoms with Gasteiger partial charge >= 0.3 is 0 Å². The highest BCUT2D eigenvalue weighted by molar-refractivity contribution is 4.68. The average molecular weight is 227 g/mol. The number of nitrogens with one attached hydrogen (secondary N) is 1. The van der Waals surface area contributed by atoms with Crippen LogP contribution in [-0.2, 0) is 4.74 Å². The highest BCUT2D eigenvalue weighted by Crippen LogP contribution is 2.21. The van der Waals surface area contributed by atoms with Crippen LogP contribution in [-0.4, -0.2) is 25.3 Å². The second-order valence-electron chi connectivity index (χ2n) is 4.98. The van der Waals surface area contributed by atoms with Crippen LogP contribution in [0.2, 0.25) is 0 Å². The van der Waals surface area contributed by atoms with Gasteiger partial charge in [0, 0.05) is 12.6 Å². The van der Waals surface area contributed by atoms with Crippen LogP contribution in [0.5, 0.6) is 0 Å². The van der Waals surface area contributed by atoms with E-state index in [0.29, 0.717) is 12.1 Å². The molecule has 1 aliphatic carbocycles. The zero-order valence-electron chi connectivity index (χ0n) is 11.1. The Bertz CT molecular complexity index is 155. The molecule has 0 amide bonds. The van der Waals surface area contributed by atoms with Crippen LogP contribution < -0.4 is 5.32 Å². The molecule has 0 radical (unpaired) electrons. The molecule has 2 heteroatoms. The number of hydrogen-bond donors (Lipinski definition) is 1. The van der Waals surface area contributed by atoms with Crippen molar-refractivity contribution in [2.45, 2.75) is 77.4 Å². The van der Waals surface area contributed by atoms with Crippen molar-refractivity contribution >= 4 is 0 Å². The maximum absolute atomic E-state index is 5.87. The van der Waals surface area contributed by atoms with Gasteiger partial charge in [-0.3, -0.25) is 0 Å². The summed E-state index contributed by atoms with van der Waals surface area (Å²) in [6, 6.07) is 0.701. The lowest BCUT2D eigenvalue weighted by Crippen LogP contribution is -2.29. The molecule has 16 heavy (non-hydrogen) atoms. The fourth-order valence-electron chi connectivity index (χ4n) is 2.43. The van der Waals surface area contributed by atoms with Crippen LogP contribution in [0.15, 0.2) is 0 Å². The highest BCUT2D eigenvalue weighted by atomic mass is 16.5. The van der Waals surface area contributed by atoms with Crippen molar-refractivity contribution in [2.24, 2.45) is 0 Å². The molecule has 0 spiro atoms. The van der Waals surface area contributed by atoms with Crippen LogP contribution in [0, 0.1) is 0 Å². The van der Waals surface area contributed by atoms with Crippen molar-refractivity contribution in [3.8, 4) is 0 Å². The van der Waals surface area contributed by atoms with E-state index in [0.717, 1.165) is 13.2 Å². The molecule has 1 unspecified atom stereocenters. The third-order valence-corrected chi connectivity index (χ3v) is 3.53. The normalized spacial score (nSPS) is 19.1. The lowest BCUT2D eigenvalue weighted by Gasteiger charge is -2.17. The molecule has 0 aromatic heterocycles. The number of ether oxygens (including phenoxy) is 1. The molecule has 1 atom stereocenters. The van der Waals surface area contributed by atoms with E-state index in [4.69, 9.17) is 4.74 Å². The summed E-state index contributed by atoms with van der Waals surface area (Å²) in [4.78, 5) is 0. The summed E-state index contributed by atoms with van der Waals surface area (Å²) in [6.45, 7) is 6.62. The van der Waals surface area contributed by atoms with E-state index in [1.165, 1.54) is 51.4 Å². The largest absolute Gasteiger partial charge is 0.378 e. The molecular weight excluding hydrogens is 198 g/mol. The van der Waals surface area contributed by atoms with Crippen LogP contribution in [0.25, 0.3) is 0 Å². The predicted octanol–water partition coefficient (Wildman–Crippen LogP) is 3.50. The Hall–Kier alpha value is -0.0800. The van der Waals surface area contributed by atoms with Gasteiger partial charge in [0.1, 0.15) is 0 Å². The van der Waals surface area contributed by atoms with Crippen molar-refractivity contribution in [3.05, 3.63) is 0 Å². The second kappa shape index (κ2) is 9.00. The van der Waals surface area contributed by atoms with E-state index in [1.807, 2.05) is 0 Å². The maximum Gasteiger partial charge on any atom is 0.0575 e. The minimum absolute atomic E-state index is 0.587. The Morgan fingerprint density at radius 1 is 1.25 bits per heavy atom. The van der Waals surface area contributed by atoms with E-state index < -0.39 is 0 Å². The summed E-state index contributed by atoms with van der Waals surface area (Å²) in [5, 5.41) is 3.59. The summed E-state index contributed by atoms with van der Waals surface area (Å²) in [5.74, 6) is 0. The molecule has 1 rings (SSSR count). The van der Waals surface area contributed by atoms with Crippen LogP contribution >= 0.6 is 0 Å². The second-order valence-corrected chi connectivity index (χ2v) is 4.98. The van der Waals surface area contributed by atoms with E-state index in [1.54, 1.807) is 0 Å². The Morgan fingerprint density at radius 2 is 2.00 bits per heavy atom. The van der Waals surface area contributed by atoms with Crippen molar-refractivity contribution in [2.75, 3.05) is 13.2 Å². The van der Waals surface area contributed by atoms with E-state index in [9.17, 15) is 0 Å². The van der Waals surface area contributed by atoms with Gasteiger partial charge in [-0.15, -0.1) is 0 Å². The fraction of sp³-hybridized carbons (Fsp3) is 1.00. The van der Waals surface area contributed by atoms with Gasteiger partial charge in [0.15, 0.2) is 0 Å². The minimum Gasteiger partial charge on any atom is -0.378 e. The van der Waals surface area contributed by atoms with Crippen molar-refractivity contribution in [1.29, 1.82) is 0 Å². The summed E-state index contributed by atoms with van der Waals surface area (Å²) in [6.07, 6.45) is 10.9. The smallest absolute Gasteiger partial charge is 0.0575 e. The highest BCUT2D eigenvalue weighted by Gasteiger charge is 2.14. The molecule has 1 fully saturated rings. The summed E-state index contributed by atoms with van der Waals surface area (Å²) < 4.78 is 5.87. The van der Waals surface area contributed by atoms with E-state index in [2.05, 4.69) is 19.2 Å². The van der Waals surface area contributed by atoms with Crippen LogP contribution in [0.1, 0.15) is 65.2 Å². The van der Waals surface area contributed by atoms with Gasteiger partial charge in [0.05, 0.1) is 6.10 Å². The first-order chi connectivity index (χ1) is 7.86. The van der Waals surface area contributed by atoms with Crippen LogP contribution in [0.4, 0.5) is 0 Å². The molecule has 96 valence electrons. The molecule has 1 saturated carbocycles. The molecule has 0 aromatic rings. The Balaban J connectivity index is 1.95. The van der Waals surface area contributed by atoms with Crippen molar-refractivity contribution < 1.29 is 4.74 Å². The quantitative estimate of drug-likeness (QED) is 0.609. The Kier molecular flexibility index (Phi) is 7.87. The molecule has 0 heterocycles. The van der Waals surface area contributed by atoms with Gasteiger partial charge in [-0.25, -0.2) is 0 Å². The van der Waals surface area contributed by atoms with Crippen molar-refractivity contribution in [3.63, 3.8) is 0 Å². The lowest BCUT2D eigenvalue weighted by molar-refractivity contribution is 0.0546. The zero-order chi connectivity index (χ0) is 11.6. The first-order valence-electron chi connectivity index (χ1n) is 7.21. The topological polar surface area (TPSA) is 21.3 Å². The third-order valence-electron chi connectivity index (χ3n) is 3.53. The first kappa shape index (κ1) is 14.0. The minimum atomic E-state index is 0.587. The van der Waals surface area contributed by atoms with Gasteiger partial charge in [0.2, 0.25) is 0 Å². The number of rotatable bonds is 9. The van der Waals surface area contributed by atoms with E-state index >= 15 is 0 Å². The number of hydrogen-bond acceptors (Lipinski definition) is 2. The summed E-state index contributed by atoms with van der Waals surface area (Å²) in [5.41, 5.74) is 0. The predicted molar refractivity (Wildman–Crippen MR) is 69.8 cm³/mol. The SMILES string of the molecule is CCCNC(CC)CCCOC1CCCC1. The van der Waals surface area contributed by atoms with Crippen LogP contribution in [0.3, 0.4) is 0 Å². The van der Waals surface area contributed by atoms with E-state index in [-0.39, 0.29) is 0 Å². The third kappa shape index (κ3) is 5.86. The van der Waals surface area contributed by atoms with Gasteiger partial charge in [-0.1, -0.05) is 26.7 Å². The fourth-order valence-corrected chi connectivity index (χ4v) is 2.43. The molecule has 0 bridgehead atoms. The van der Waals surface area contributed by atoms with Gasteiger partial charge < -0.3 is 10.1 Å². The molecule has 2 nitrogen and oxygen atoms in total. The van der Waals surface area contributed by atoms with Gasteiger partial charge in [-0.2, -0.15) is 0 Å². The molecule has 0 aliphatic heterocycles. The van der Waals surface area contributed by atoms with Gasteiger partial charge in [-0.05, 0) is 45.1 Å². The standard InChI is InChI=1S/C14H29NO/c1-3-11-15-13(4-2)8-7-12-16-14-9-5-6-10-14/h13-15H,3-12H2,1-2H3.